The molecule has 0 bridgehead atoms. The normalized spacial score (nSPS) is 11.1. The van der Waals surface area contributed by atoms with Crippen molar-refractivity contribution in [2.24, 2.45) is 0 Å². The Labute approximate surface area is 110 Å². The Balaban J connectivity index is 2.84. The van der Waals surface area contributed by atoms with Gasteiger partial charge in [-0.2, -0.15) is 0 Å². The van der Waals surface area contributed by atoms with E-state index in [1.54, 1.807) is 7.11 Å². The average molecular weight is 251 g/mol. The fourth-order valence-corrected chi connectivity index (χ4v) is 2.31. The molecule has 1 aromatic rings. The third-order valence-electron chi connectivity index (χ3n) is 3.58. The van der Waals surface area contributed by atoms with Crippen LogP contribution in [0.2, 0.25) is 0 Å². The molecule has 1 rings (SSSR count). The van der Waals surface area contributed by atoms with E-state index in [-0.39, 0.29) is 6.61 Å². The van der Waals surface area contributed by atoms with Gasteiger partial charge in [-0.3, -0.25) is 0 Å². The van der Waals surface area contributed by atoms with Crippen LogP contribution in [0.3, 0.4) is 0 Å². The summed E-state index contributed by atoms with van der Waals surface area (Å²) in [5, 5.41) is 8.89. The van der Waals surface area contributed by atoms with E-state index in [0.717, 1.165) is 25.3 Å². The molecule has 0 aliphatic rings. The van der Waals surface area contributed by atoms with Crippen LogP contribution >= 0.6 is 0 Å². The second-order valence-electron chi connectivity index (χ2n) is 4.91. The maximum absolute atomic E-state index is 8.89. The molecule has 3 heteroatoms. The summed E-state index contributed by atoms with van der Waals surface area (Å²) < 4.78 is 5.43. The highest BCUT2D eigenvalue weighted by Crippen LogP contribution is 2.28. The summed E-state index contributed by atoms with van der Waals surface area (Å²) in [6.07, 6.45) is 1.01. The second-order valence-corrected chi connectivity index (χ2v) is 4.91. The first-order chi connectivity index (χ1) is 8.51. The number of hydrogen-bond acceptors (Lipinski definition) is 3. The van der Waals surface area contributed by atoms with Crippen molar-refractivity contribution in [3.05, 3.63) is 28.3 Å². The predicted molar refractivity (Wildman–Crippen MR) is 75.5 cm³/mol. The SMILES string of the molecule is COc1c(C)cc(CCN(C)CCO)c(C)c1C. The molecule has 0 unspecified atom stereocenters. The van der Waals surface area contributed by atoms with Crippen LogP contribution < -0.4 is 4.74 Å². The summed E-state index contributed by atoms with van der Waals surface area (Å²) in [5.74, 6) is 1.000. The Bertz CT molecular complexity index is 402. The highest BCUT2D eigenvalue weighted by atomic mass is 16.5. The number of aliphatic hydroxyl groups is 1. The lowest BCUT2D eigenvalue weighted by Crippen LogP contribution is -2.24. The Morgan fingerprint density at radius 2 is 1.83 bits per heavy atom. The number of aliphatic hydroxyl groups excluding tert-OH is 1. The number of benzene rings is 1. The summed E-state index contributed by atoms with van der Waals surface area (Å²) in [6.45, 7) is 8.27. The molecule has 0 atom stereocenters. The van der Waals surface area contributed by atoms with E-state index in [9.17, 15) is 0 Å². The predicted octanol–water partition coefficient (Wildman–Crippen LogP) is 2.09. The van der Waals surface area contributed by atoms with Crippen molar-refractivity contribution < 1.29 is 9.84 Å². The van der Waals surface area contributed by atoms with E-state index < -0.39 is 0 Å². The van der Waals surface area contributed by atoms with Gasteiger partial charge in [0.25, 0.3) is 0 Å². The molecule has 18 heavy (non-hydrogen) atoms. The van der Waals surface area contributed by atoms with E-state index >= 15 is 0 Å². The minimum Gasteiger partial charge on any atom is -0.496 e. The highest BCUT2D eigenvalue weighted by Gasteiger charge is 2.10. The van der Waals surface area contributed by atoms with Crippen molar-refractivity contribution in [3.63, 3.8) is 0 Å². The molecule has 0 saturated heterocycles. The molecule has 0 spiro atoms. The molecule has 1 N–H and O–H groups in total. The monoisotopic (exact) mass is 251 g/mol. The standard InChI is InChI=1S/C15H25NO2/c1-11-10-14(6-7-16(4)8-9-17)12(2)13(3)15(11)18-5/h10,17H,6-9H2,1-5H3. The topological polar surface area (TPSA) is 32.7 Å². The molecule has 0 radical (unpaired) electrons. The van der Waals surface area contributed by atoms with Crippen molar-refractivity contribution >= 4 is 0 Å². The lowest BCUT2D eigenvalue weighted by molar-refractivity contribution is 0.223. The van der Waals surface area contributed by atoms with E-state index in [0.29, 0.717) is 0 Å². The minimum absolute atomic E-state index is 0.218. The zero-order valence-electron chi connectivity index (χ0n) is 12.2. The van der Waals surface area contributed by atoms with Gasteiger partial charge in [-0.05, 0) is 56.5 Å². The third-order valence-corrected chi connectivity index (χ3v) is 3.58. The van der Waals surface area contributed by atoms with Crippen molar-refractivity contribution in [3.8, 4) is 5.75 Å². The van der Waals surface area contributed by atoms with Gasteiger partial charge in [0.15, 0.2) is 0 Å². The molecule has 0 aliphatic heterocycles. The van der Waals surface area contributed by atoms with Crippen LogP contribution in [0.4, 0.5) is 0 Å². The van der Waals surface area contributed by atoms with Gasteiger partial charge in [-0.1, -0.05) is 6.07 Å². The van der Waals surface area contributed by atoms with Crippen LogP contribution in [-0.4, -0.2) is 43.9 Å². The van der Waals surface area contributed by atoms with E-state index in [2.05, 4.69) is 31.7 Å². The van der Waals surface area contributed by atoms with Gasteiger partial charge in [0, 0.05) is 13.1 Å². The number of rotatable bonds is 6. The average Bonchev–Trinajstić information content (AvgIpc) is 2.33. The van der Waals surface area contributed by atoms with E-state index in [1.165, 1.54) is 22.3 Å². The number of likely N-dealkylation sites (N-methyl/N-ethyl adjacent to an activating group) is 1. The van der Waals surface area contributed by atoms with Crippen molar-refractivity contribution in [1.82, 2.24) is 4.90 Å². The zero-order valence-corrected chi connectivity index (χ0v) is 12.2. The van der Waals surface area contributed by atoms with Crippen LogP contribution in [0.1, 0.15) is 22.3 Å². The van der Waals surface area contributed by atoms with Gasteiger partial charge in [0.2, 0.25) is 0 Å². The maximum atomic E-state index is 8.89. The number of hydrogen-bond donors (Lipinski definition) is 1. The summed E-state index contributed by atoms with van der Waals surface area (Å²) in [5.41, 5.74) is 5.11. The largest absolute Gasteiger partial charge is 0.496 e. The molecular formula is C15H25NO2. The van der Waals surface area contributed by atoms with Gasteiger partial charge in [0.1, 0.15) is 5.75 Å². The van der Waals surface area contributed by atoms with Crippen molar-refractivity contribution in [1.29, 1.82) is 0 Å². The van der Waals surface area contributed by atoms with Crippen LogP contribution in [0, 0.1) is 20.8 Å². The summed E-state index contributed by atoms with van der Waals surface area (Å²) in [7, 11) is 3.76. The smallest absolute Gasteiger partial charge is 0.124 e. The van der Waals surface area contributed by atoms with Crippen LogP contribution in [0.5, 0.6) is 5.75 Å². The molecule has 0 heterocycles. The number of ether oxygens (including phenoxy) is 1. The fraction of sp³-hybridized carbons (Fsp3) is 0.600. The lowest BCUT2D eigenvalue weighted by atomic mass is 9.96. The Hall–Kier alpha value is -1.06. The molecule has 0 amide bonds. The number of nitrogens with zero attached hydrogens (tertiary/aromatic N) is 1. The molecule has 0 saturated carbocycles. The molecule has 0 fully saturated rings. The third kappa shape index (κ3) is 3.47. The quantitative estimate of drug-likeness (QED) is 0.840. The van der Waals surface area contributed by atoms with Gasteiger partial charge in [-0.25, -0.2) is 0 Å². The summed E-state index contributed by atoms with van der Waals surface area (Å²) >= 11 is 0. The van der Waals surface area contributed by atoms with Crippen LogP contribution in [0.25, 0.3) is 0 Å². The molecule has 1 aromatic carbocycles. The van der Waals surface area contributed by atoms with Crippen LogP contribution in [-0.2, 0) is 6.42 Å². The molecule has 0 aromatic heterocycles. The van der Waals surface area contributed by atoms with Gasteiger partial charge in [0.05, 0.1) is 13.7 Å². The van der Waals surface area contributed by atoms with E-state index in [1.807, 2.05) is 7.05 Å². The first kappa shape index (κ1) is 15.0. The van der Waals surface area contributed by atoms with Gasteiger partial charge in [-0.15, -0.1) is 0 Å². The fourth-order valence-electron chi connectivity index (χ4n) is 2.31. The van der Waals surface area contributed by atoms with Crippen molar-refractivity contribution in [2.45, 2.75) is 27.2 Å². The minimum atomic E-state index is 0.218. The first-order valence-electron chi connectivity index (χ1n) is 6.44. The van der Waals surface area contributed by atoms with E-state index in [4.69, 9.17) is 9.84 Å². The second kappa shape index (κ2) is 6.76. The highest BCUT2D eigenvalue weighted by molar-refractivity contribution is 5.49. The zero-order chi connectivity index (χ0) is 13.7. The van der Waals surface area contributed by atoms with Gasteiger partial charge < -0.3 is 14.7 Å². The molecule has 0 aliphatic carbocycles. The molecule has 3 nitrogen and oxygen atoms in total. The number of aryl methyl sites for hydroxylation is 1. The number of methoxy groups -OCH3 is 1. The van der Waals surface area contributed by atoms with Crippen molar-refractivity contribution in [2.75, 3.05) is 33.9 Å². The molecule has 102 valence electrons. The summed E-state index contributed by atoms with van der Waals surface area (Å²) in [6, 6.07) is 2.22. The Morgan fingerprint density at radius 3 is 2.39 bits per heavy atom. The molecular weight excluding hydrogens is 226 g/mol. The summed E-state index contributed by atoms with van der Waals surface area (Å²) in [4.78, 5) is 2.15. The van der Waals surface area contributed by atoms with Gasteiger partial charge >= 0.3 is 0 Å². The Kier molecular flexibility index (Phi) is 5.63. The Morgan fingerprint density at radius 1 is 1.17 bits per heavy atom. The lowest BCUT2D eigenvalue weighted by Gasteiger charge is -2.19. The first-order valence-corrected chi connectivity index (χ1v) is 6.44. The maximum Gasteiger partial charge on any atom is 0.124 e. The van der Waals surface area contributed by atoms with Crippen LogP contribution in [0.15, 0.2) is 6.07 Å².